The quantitative estimate of drug-likeness (QED) is 0.734. The van der Waals surface area contributed by atoms with Crippen molar-refractivity contribution in [1.82, 2.24) is 4.98 Å². The molecule has 0 radical (unpaired) electrons. The van der Waals surface area contributed by atoms with Gasteiger partial charge in [0.1, 0.15) is 6.61 Å². The Kier molecular flexibility index (Phi) is 8.88. The summed E-state index contributed by atoms with van der Waals surface area (Å²) in [6, 6.07) is 8.47. The second-order valence-electron chi connectivity index (χ2n) is 5.92. The lowest BCUT2D eigenvalue weighted by Gasteiger charge is -2.18. The van der Waals surface area contributed by atoms with Gasteiger partial charge in [-0.25, -0.2) is 0 Å². The number of carbonyl (C=O) groups is 1. The summed E-state index contributed by atoms with van der Waals surface area (Å²) in [5, 5.41) is 2.83. The van der Waals surface area contributed by atoms with Gasteiger partial charge in [-0.1, -0.05) is 26.3 Å². The second-order valence-corrected chi connectivity index (χ2v) is 5.92. The lowest BCUT2D eigenvalue weighted by atomic mass is 9.99. The molecule has 1 aromatic heterocycles. The van der Waals surface area contributed by atoms with Gasteiger partial charge in [0.05, 0.1) is 13.2 Å². The first-order valence-corrected chi connectivity index (χ1v) is 8.31. The number of ether oxygens (including phenoxy) is 2. The fourth-order valence-electron chi connectivity index (χ4n) is 2.25. The monoisotopic (exact) mass is 379 g/mol. The van der Waals surface area contributed by atoms with Crippen LogP contribution in [0.25, 0.3) is 0 Å². The smallest absolute Gasteiger partial charge is 0.241 e. The summed E-state index contributed by atoms with van der Waals surface area (Å²) >= 11 is 0. The molecule has 0 fully saturated rings. The van der Waals surface area contributed by atoms with E-state index in [1.165, 1.54) is 0 Å². The SMILES string of the molecule is CCC(C)C(N)C(=O)Nc1ccc(OC)c(OCc2cccnc2)c1.Cl. The Hall–Kier alpha value is -2.31. The summed E-state index contributed by atoms with van der Waals surface area (Å²) < 4.78 is 11.1. The maximum absolute atomic E-state index is 12.2. The van der Waals surface area contributed by atoms with Gasteiger partial charge >= 0.3 is 0 Å². The standard InChI is InChI=1S/C19H25N3O3.ClH/c1-4-13(2)18(20)19(23)22-15-7-8-16(24-3)17(10-15)25-12-14-6-5-9-21-11-14;/h5-11,13,18H,4,12,20H2,1-3H3,(H,22,23);1H. The van der Waals surface area contributed by atoms with E-state index in [0.29, 0.717) is 23.8 Å². The summed E-state index contributed by atoms with van der Waals surface area (Å²) in [6.07, 6.45) is 4.29. The van der Waals surface area contributed by atoms with Crippen LogP contribution in [-0.4, -0.2) is 24.0 Å². The summed E-state index contributed by atoms with van der Waals surface area (Å²) in [5.74, 6) is 1.03. The van der Waals surface area contributed by atoms with Crippen LogP contribution in [0.4, 0.5) is 5.69 Å². The van der Waals surface area contributed by atoms with Crippen molar-refractivity contribution >= 4 is 24.0 Å². The molecule has 0 aliphatic heterocycles. The van der Waals surface area contributed by atoms with Crippen LogP contribution in [0.2, 0.25) is 0 Å². The van der Waals surface area contributed by atoms with E-state index in [0.717, 1.165) is 12.0 Å². The van der Waals surface area contributed by atoms with Crippen LogP contribution in [0.15, 0.2) is 42.7 Å². The molecule has 0 aliphatic carbocycles. The molecule has 142 valence electrons. The van der Waals surface area contributed by atoms with Crippen LogP contribution < -0.4 is 20.5 Å². The highest BCUT2D eigenvalue weighted by Crippen LogP contribution is 2.31. The van der Waals surface area contributed by atoms with E-state index in [4.69, 9.17) is 15.2 Å². The van der Waals surface area contributed by atoms with Gasteiger partial charge in [-0.3, -0.25) is 9.78 Å². The molecule has 0 saturated carbocycles. The number of pyridine rings is 1. The van der Waals surface area contributed by atoms with Crippen LogP contribution in [0, 0.1) is 5.92 Å². The van der Waals surface area contributed by atoms with E-state index in [1.54, 1.807) is 37.7 Å². The van der Waals surface area contributed by atoms with E-state index in [9.17, 15) is 4.79 Å². The first-order chi connectivity index (χ1) is 12.0. The second kappa shape index (κ2) is 10.6. The molecule has 1 amide bonds. The lowest BCUT2D eigenvalue weighted by Crippen LogP contribution is -2.40. The number of hydrogen-bond donors (Lipinski definition) is 2. The third-order valence-electron chi connectivity index (χ3n) is 4.11. The van der Waals surface area contributed by atoms with Crippen LogP contribution in [0.5, 0.6) is 11.5 Å². The number of anilines is 1. The molecular weight excluding hydrogens is 354 g/mol. The van der Waals surface area contributed by atoms with Crippen molar-refractivity contribution in [2.24, 2.45) is 11.7 Å². The number of nitrogens with two attached hydrogens (primary N) is 1. The van der Waals surface area contributed by atoms with Crippen molar-refractivity contribution < 1.29 is 14.3 Å². The van der Waals surface area contributed by atoms with Gasteiger partial charge in [-0.05, 0) is 24.1 Å². The van der Waals surface area contributed by atoms with Crippen LogP contribution in [0.3, 0.4) is 0 Å². The molecule has 2 rings (SSSR count). The Morgan fingerprint density at radius 2 is 2.08 bits per heavy atom. The number of nitrogens with zero attached hydrogens (tertiary/aromatic N) is 1. The Morgan fingerprint density at radius 3 is 2.69 bits per heavy atom. The van der Waals surface area contributed by atoms with E-state index in [-0.39, 0.29) is 24.2 Å². The molecule has 6 nitrogen and oxygen atoms in total. The Labute approximate surface area is 160 Å². The molecule has 0 bridgehead atoms. The number of carbonyl (C=O) groups excluding carboxylic acids is 1. The average Bonchev–Trinajstić information content (AvgIpc) is 2.66. The van der Waals surface area contributed by atoms with E-state index in [2.05, 4.69) is 10.3 Å². The van der Waals surface area contributed by atoms with Gasteiger partial charge < -0.3 is 20.5 Å². The Balaban J connectivity index is 0.00000338. The number of halogens is 1. The predicted octanol–water partition coefficient (Wildman–Crippen LogP) is 3.40. The maximum atomic E-state index is 12.2. The number of methoxy groups -OCH3 is 1. The number of benzene rings is 1. The zero-order chi connectivity index (χ0) is 18.2. The number of rotatable bonds is 8. The van der Waals surface area contributed by atoms with Gasteiger partial charge in [-0.15, -0.1) is 12.4 Å². The molecule has 3 N–H and O–H groups in total. The van der Waals surface area contributed by atoms with Crippen molar-refractivity contribution in [1.29, 1.82) is 0 Å². The van der Waals surface area contributed by atoms with Crippen LogP contribution in [-0.2, 0) is 11.4 Å². The van der Waals surface area contributed by atoms with Crippen molar-refractivity contribution in [3.63, 3.8) is 0 Å². The fraction of sp³-hybridized carbons (Fsp3) is 0.368. The molecule has 0 aliphatic rings. The topological polar surface area (TPSA) is 86.5 Å². The normalized spacial score (nSPS) is 12.5. The van der Waals surface area contributed by atoms with Crippen molar-refractivity contribution in [2.75, 3.05) is 12.4 Å². The van der Waals surface area contributed by atoms with Gasteiger partial charge in [0.2, 0.25) is 5.91 Å². The Morgan fingerprint density at radius 1 is 1.31 bits per heavy atom. The largest absolute Gasteiger partial charge is 0.493 e. The van der Waals surface area contributed by atoms with E-state index < -0.39 is 6.04 Å². The molecule has 26 heavy (non-hydrogen) atoms. The Bertz CT molecular complexity index is 698. The minimum Gasteiger partial charge on any atom is -0.493 e. The summed E-state index contributed by atoms with van der Waals surface area (Å²) in [7, 11) is 1.57. The zero-order valence-electron chi connectivity index (χ0n) is 15.3. The zero-order valence-corrected chi connectivity index (χ0v) is 16.1. The van der Waals surface area contributed by atoms with Crippen molar-refractivity contribution in [3.8, 4) is 11.5 Å². The summed E-state index contributed by atoms with van der Waals surface area (Å²) in [5.41, 5.74) is 7.53. The molecule has 7 heteroatoms. The van der Waals surface area contributed by atoms with Crippen LogP contribution in [0.1, 0.15) is 25.8 Å². The molecule has 1 aromatic carbocycles. The average molecular weight is 380 g/mol. The minimum absolute atomic E-state index is 0. The number of amides is 1. The van der Waals surface area contributed by atoms with E-state index >= 15 is 0 Å². The number of aromatic nitrogens is 1. The molecule has 0 saturated heterocycles. The molecule has 0 spiro atoms. The fourth-order valence-corrected chi connectivity index (χ4v) is 2.25. The highest BCUT2D eigenvalue weighted by Gasteiger charge is 2.20. The third-order valence-corrected chi connectivity index (χ3v) is 4.11. The first kappa shape index (κ1) is 21.7. The van der Waals surface area contributed by atoms with Gasteiger partial charge in [0.25, 0.3) is 0 Å². The molecule has 2 aromatic rings. The lowest BCUT2D eigenvalue weighted by molar-refractivity contribution is -0.118. The van der Waals surface area contributed by atoms with Gasteiger partial charge in [-0.2, -0.15) is 0 Å². The summed E-state index contributed by atoms with van der Waals surface area (Å²) in [4.78, 5) is 16.3. The van der Waals surface area contributed by atoms with Gasteiger partial charge in [0.15, 0.2) is 11.5 Å². The number of hydrogen-bond acceptors (Lipinski definition) is 5. The van der Waals surface area contributed by atoms with Crippen LogP contribution >= 0.6 is 12.4 Å². The summed E-state index contributed by atoms with van der Waals surface area (Å²) in [6.45, 7) is 4.32. The molecule has 2 unspecified atom stereocenters. The van der Waals surface area contributed by atoms with E-state index in [1.807, 2.05) is 26.0 Å². The molecule has 2 atom stereocenters. The maximum Gasteiger partial charge on any atom is 0.241 e. The minimum atomic E-state index is -0.549. The highest BCUT2D eigenvalue weighted by atomic mass is 35.5. The molecular formula is C19H26ClN3O3. The first-order valence-electron chi connectivity index (χ1n) is 8.31. The predicted molar refractivity (Wildman–Crippen MR) is 105 cm³/mol. The molecule has 1 heterocycles. The third kappa shape index (κ3) is 5.89. The van der Waals surface area contributed by atoms with Gasteiger partial charge in [0, 0.05) is 29.7 Å². The van der Waals surface area contributed by atoms with Crippen molar-refractivity contribution in [3.05, 3.63) is 48.3 Å². The number of nitrogens with one attached hydrogen (secondary N) is 1. The highest BCUT2D eigenvalue weighted by molar-refractivity contribution is 5.95. The van der Waals surface area contributed by atoms with Crippen molar-refractivity contribution in [2.45, 2.75) is 32.9 Å².